The zero-order valence-electron chi connectivity index (χ0n) is 9.38. The highest BCUT2D eigenvalue weighted by Crippen LogP contribution is 2.29. The zero-order valence-corrected chi connectivity index (χ0v) is 11.8. The number of nitrogens with two attached hydrogens (primary N) is 1. The van der Waals surface area contributed by atoms with Crippen molar-refractivity contribution in [2.45, 2.75) is 19.4 Å². The summed E-state index contributed by atoms with van der Waals surface area (Å²) in [6, 6.07) is -0.209. The molecule has 0 fully saturated rings. The number of nitrogens with one attached hydrogen (secondary N) is 1. The Hall–Kier alpha value is -0.900. The van der Waals surface area contributed by atoms with Crippen molar-refractivity contribution in [1.29, 1.82) is 0 Å². The van der Waals surface area contributed by atoms with E-state index in [4.69, 9.17) is 5.84 Å². The van der Waals surface area contributed by atoms with E-state index < -0.39 is 0 Å². The van der Waals surface area contributed by atoms with Crippen LogP contribution in [0.3, 0.4) is 0 Å². The molecule has 1 unspecified atom stereocenters. The molecule has 2 heterocycles. The first-order valence-corrected chi connectivity index (χ1v) is 6.58. The minimum Gasteiger partial charge on any atom is -0.270 e. The summed E-state index contributed by atoms with van der Waals surface area (Å²) in [5, 5.41) is 12.0. The van der Waals surface area contributed by atoms with E-state index in [1.165, 1.54) is 11.5 Å². The van der Waals surface area contributed by atoms with Crippen molar-refractivity contribution >= 4 is 27.5 Å². The average molecular weight is 318 g/mol. The Morgan fingerprint density at radius 2 is 2.29 bits per heavy atom. The third-order valence-electron chi connectivity index (χ3n) is 2.45. The van der Waals surface area contributed by atoms with Crippen molar-refractivity contribution in [2.75, 3.05) is 0 Å². The second kappa shape index (κ2) is 5.17. The van der Waals surface area contributed by atoms with Crippen LogP contribution in [0.15, 0.2) is 4.60 Å². The molecule has 0 aliphatic rings. The first-order chi connectivity index (χ1) is 8.19. The van der Waals surface area contributed by atoms with Gasteiger partial charge in [-0.05, 0) is 33.9 Å². The summed E-state index contributed by atoms with van der Waals surface area (Å²) in [6.45, 7) is 2.03. The van der Waals surface area contributed by atoms with Gasteiger partial charge in [-0.1, -0.05) is 16.6 Å². The van der Waals surface area contributed by atoms with Crippen LogP contribution in [0.25, 0.3) is 0 Å². The fraction of sp³-hybridized carbons (Fsp3) is 0.500. The van der Waals surface area contributed by atoms with Gasteiger partial charge in [0.05, 0.1) is 16.3 Å². The van der Waals surface area contributed by atoms with Gasteiger partial charge < -0.3 is 0 Å². The van der Waals surface area contributed by atoms with Crippen LogP contribution in [0.5, 0.6) is 0 Å². The Kier molecular flexibility index (Phi) is 3.82. The molecule has 2 aromatic rings. The summed E-state index contributed by atoms with van der Waals surface area (Å²) in [4.78, 5) is 0.987. The van der Waals surface area contributed by atoms with Gasteiger partial charge in [-0.15, -0.1) is 10.2 Å². The van der Waals surface area contributed by atoms with Crippen LogP contribution >= 0.6 is 27.5 Å². The molecule has 2 aromatic heterocycles. The number of hydrogen-bond acceptors (Lipinski definition) is 7. The van der Waals surface area contributed by atoms with E-state index in [1.807, 2.05) is 14.0 Å². The monoisotopic (exact) mass is 317 g/mol. The topological polar surface area (TPSA) is 94.5 Å². The van der Waals surface area contributed by atoms with Crippen LogP contribution < -0.4 is 11.3 Å². The summed E-state index contributed by atoms with van der Waals surface area (Å²) >= 11 is 4.69. The molecule has 2 rings (SSSR count). The number of rotatable bonds is 4. The first kappa shape index (κ1) is 12.6. The van der Waals surface area contributed by atoms with E-state index in [0.29, 0.717) is 4.60 Å². The molecule has 0 saturated heterocycles. The normalized spacial score (nSPS) is 12.9. The zero-order chi connectivity index (χ0) is 12.4. The largest absolute Gasteiger partial charge is 0.270 e. The van der Waals surface area contributed by atoms with Crippen molar-refractivity contribution in [3.63, 3.8) is 0 Å². The van der Waals surface area contributed by atoms with Crippen LogP contribution in [-0.4, -0.2) is 24.6 Å². The molecule has 92 valence electrons. The molecule has 0 aromatic carbocycles. The molecule has 3 N–H and O–H groups in total. The SMILES string of the molecule is CCc1nnsc1C(NN)c1c(Br)nnn1C. The summed E-state index contributed by atoms with van der Waals surface area (Å²) in [5.41, 5.74) is 4.55. The van der Waals surface area contributed by atoms with Crippen molar-refractivity contribution in [2.24, 2.45) is 12.9 Å². The Morgan fingerprint density at radius 1 is 1.53 bits per heavy atom. The minimum atomic E-state index is -0.209. The average Bonchev–Trinajstić information content (AvgIpc) is 2.91. The molecule has 0 spiro atoms. The van der Waals surface area contributed by atoms with Crippen LogP contribution in [0.2, 0.25) is 0 Å². The van der Waals surface area contributed by atoms with E-state index >= 15 is 0 Å². The van der Waals surface area contributed by atoms with E-state index in [2.05, 4.69) is 41.3 Å². The Morgan fingerprint density at radius 3 is 2.82 bits per heavy atom. The highest BCUT2D eigenvalue weighted by molar-refractivity contribution is 9.10. The van der Waals surface area contributed by atoms with Crippen LogP contribution in [0, 0.1) is 0 Å². The molecule has 0 bridgehead atoms. The lowest BCUT2D eigenvalue weighted by Gasteiger charge is -2.14. The number of nitrogens with zero attached hydrogens (tertiary/aromatic N) is 5. The molecule has 7 nitrogen and oxygen atoms in total. The molecule has 1 atom stereocenters. The maximum Gasteiger partial charge on any atom is 0.153 e. The van der Waals surface area contributed by atoms with E-state index in [1.54, 1.807) is 4.68 Å². The molecule has 9 heteroatoms. The molecular formula is C8H12BrN7S. The Labute approximate surface area is 111 Å². The van der Waals surface area contributed by atoms with Gasteiger partial charge in [0.1, 0.15) is 6.04 Å². The molecular weight excluding hydrogens is 306 g/mol. The maximum atomic E-state index is 5.63. The van der Waals surface area contributed by atoms with E-state index in [0.717, 1.165) is 22.7 Å². The van der Waals surface area contributed by atoms with E-state index in [-0.39, 0.29) is 6.04 Å². The fourth-order valence-electron chi connectivity index (χ4n) is 1.60. The quantitative estimate of drug-likeness (QED) is 0.631. The molecule has 0 radical (unpaired) electrons. The lowest BCUT2D eigenvalue weighted by Crippen LogP contribution is -2.30. The van der Waals surface area contributed by atoms with Crippen molar-refractivity contribution < 1.29 is 0 Å². The summed E-state index contributed by atoms with van der Waals surface area (Å²) < 4.78 is 6.30. The molecule has 0 aliphatic carbocycles. The summed E-state index contributed by atoms with van der Waals surface area (Å²) in [5.74, 6) is 5.63. The number of aromatic nitrogens is 5. The van der Waals surface area contributed by atoms with Crippen LogP contribution in [-0.2, 0) is 13.5 Å². The van der Waals surface area contributed by atoms with Gasteiger partial charge in [0, 0.05) is 7.05 Å². The van der Waals surface area contributed by atoms with Gasteiger partial charge in [0.2, 0.25) is 0 Å². The smallest absolute Gasteiger partial charge is 0.153 e. The van der Waals surface area contributed by atoms with Gasteiger partial charge in [-0.2, -0.15) is 0 Å². The van der Waals surface area contributed by atoms with Gasteiger partial charge in [0.15, 0.2) is 4.60 Å². The number of hydrazine groups is 1. The van der Waals surface area contributed by atoms with Crippen LogP contribution in [0.4, 0.5) is 0 Å². The molecule has 0 amide bonds. The molecule has 17 heavy (non-hydrogen) atoms. The van der Waals surface area contributed by atoms with Gasteiger partial charge in [-0.3, -0.25) is 5.84 Å². The highest BCUT2D eigenvalue weighted by atomic mass is 79.9. The summed E-state index contributed by atoms with van der Waals surface area (Å²) in [6.07, 6.45) is 0.812. The highest BCUT2D eigenvalue weighted by Gasteiger charge is 2.25. The Bertz CT molecular complexity index is 488. The van der Waals surface area contributed by atoms with Crippen molar-refractivity contribution in [3.8, 4) is 0 Å². The minimum absolute atomic E-state index is 0.209. The third kappa shape index (κ3) is 2.23. The predicted molar refractivity (Wildman–Crippen MR) is 67.2 cm³/mol. The number of halogens is 1. The Balaban J connectivity index is 2.47. The lowest BCUT2D eigenvalue weighted by atomic mass is 10.1. The first-order valence-electron chi connectivity index (χ1n) is 5.01. The third-order valence-corrected chi connectivity index (χ3v) is 3.85. The number of aryl methyl sites for hydroxylation is 2. The van der Waals surface area contributed by atoms with Crippen LogP contribution in [0.1, 0.15) is 29.2 Å². The van der Waals surface area contributed by atoms with E-state index in [9.17, 15) is 0 Å². The maximum absolute atomic E-state index is 5.63. The van der Waals surface area contributed by atoms with Crippen molar-refractivity contribution in [3.05, 3.63) is 20.9 Å². The van der Waals surface area contributed by atoms with Crippen molar-refractivity contribution in [1.82, 2.24) is 30.0 Å². The molecule has 0 saturated carbocycles. The second-order valence-electron chi connectivity index (χ2n) is 3.43. The standard InChI is InChI=1S/C8H12BrN7S/c1-3-4-7(17-15-12-4)5(11-10)6-8(9)13-14-16(6)2/h5,11H,3,10H2,1-2H3. The summed E-state index contributed by atoms with van der Waals surface area (Å²) in [7, 11) is 1.82. The number of hydrogen-bond donors (Lipinski definition) is 2. The van der Waals surface area contributed by atoms with Gasteiger partial charge in [-0.25, -0.2) is 10.1 Å². The predicted octanol–water partition coefficient (Wildman–Crippen LogP) is 0.544. The fourth-order valence-corrected chi connectivity index (χ4v) is 2.96. The lowest BCUT2D eigenvalue weighted by molar-refractivity contribution is 0.571. The molecule has 0 aliphatic heterocycles. The van der Waals surface area contributed by atoms with Gasteiger partial charge in [0.25, 0.3) is 0 Å². The van der Waals surface area contributed by atoms with Gasteiger partial charge >= 0.3 is 0 Å². The second-order valence-corrected chi connectivity index (χ2v) is 4.96.